The Bertz CT molecular complexity index is 296. The second-order valence-electron chi connectivity index (χ2n) is 2.66. The fourth-order valence-electron chi connectivity index (χ4n) is 0.995. The Morgan fingerprint density at radius 3 is 2.85 bits per heavy atom. The van der Waals surface area contributed by atoms with Crippen molar-refractivity contribution in [3.8, 4) is 0 Å². The molecule has 0 aromatic carbocycles. The highest BCUT2D eigenvalue weighted by molar-refractivity contribution is 7.12. The van der Waals surface area contributed by atoms with Crippen LogP contribution in [-0.2, 0) is 16.0 Å². The van der Waals surface area contributed by atoms with Crippen molar-refractivity contribution >= 4 is 17.3 Å². The Labute approximate surface area is 81.5 Å². The number of methoxy groups -OCH3 is 1. The molecule has 0 aliphatic carbocycles. The van der Waals surface area contributed by atoms with E-state index in [1.54, 1.807) is 11.3 Å². The molecule has 3 nitrogen and oxygen atoms in total. The van der Waals surface area contributed by atoms with Gasteiger partial charge in [0.15, 0.2) is 0 Å². The molecule has 0 bridgehead atoms. The number of hydrogen-bond donors (Lipinski definition) is 1. The third-order valence-corrected chi connectivity index (χ3v) is 3.11. The second kappa shape index (κ2) is 4.39. The molecule has 0 fully saturated rings. The first-order chi connectivity index (χ1) is 6.19. The lowest BCUT2D eigenvalue weighted by Gasteiger charge is -2.05. The molecule has 0 amide bonds. The van der Waals surface area contributed by atoms with Crippen molar-refractivity contribution in [2.75, 3.05) is 7.11 Å². The van der Waals surface area contributed by atoms with Crippen molar-refractivity contribution in [2.45, 2.75) is 19.4 Å². The van der Waals surface area contributed by atoms with E-state index in [0.717, 1.165) is 11.3 Å². The summed E-state index contributed by atoms with van der Waals surface area (Å²) >= 11 is 1.56. The number of rotatable bonds is 3. The van der Waals surface area contributed by atoms with E-state index in [2.05, 4.69) is 11.7 Å². The minimum Gasteiger partial charge on any atom is -0.468 e. The molecule has 1 rings (SSSR count). The van der Waals surface area contributed by atoms with Crippen molar-refractivity contribution < 1.29 is 9.53 Å². The highest BCUT2D eigenvalue weighted by Gasteiger charge is 2.17. The summed E-state index contributed by atoms with van der Waals surface area (Å²) in [5.41, 5.74) is 5.65. The van der Waals surface area contributed by atoms with Gasteiger partial charge in [-0.05, 0) is 18.6 Å². The highest BCUT2D eigenvalue weighted by atomic mass is 32.1. The molecule has 4 heteroatoms. The molecule has 1 heterocycles. The number of aryl methyl sites for hydroxylation is 1. The summed E-state index contributed by atoms with van der Waals surface area (Å²) in [5, 5.41) is 0. The van der Waals surface area contributed by atoms with E-state index in [-0.39, 0.29) is 5.97 Å². The van der Waals surface area contributed by atoms with Crippen LogP contribution in [0.1, 0.15) is 22.7 Å². The number of ether oxygens (including phenoxy) is 1. The maximum atomic E-state index is 11.1. The summed E-state index contributed by atoms with van der Waals surface area (Å²) in [5.74, 6) is -0.385. The normalized spacial score (nSPS) is 12.5. The van der Waals surface area contributed by atoms with Crippen LogP contribution in [-0.4, -0.2) is 13.1 Å². The zero-order chi connectivity index (χ0) is 9.84. The Morgan fingerprint density at radius 1 is 1.69 bits per heavy atom. The molecule has 72 valence electrons. The first-order valence-corrected chi connectivity index (χ1v) is 4.92. The van der Waals surface area contributed by atoms with Gasteiger partial charge in [0.2, 0.25) is 0 Å². The molecule has 0 saturated carbocycles. The van der Waals surface area contributed by atoms with Gasteiger partial charge in [0.05, 0.1) is 7.11 Å². The van der Waals surface area contributed by atoms with Gasteiger partial charge in [-0.2, -0.15) is 0 Å². The third-order valence-electron chi connectivity index (χ3n) is 1.79. The number of carbonyl (C=O) groups is 1. The highest BCUT2D eigenvalue weighted by Crippen LogP contribution is 2.22. The van der Waals surface area contributed by atoms with Gasteiger partial charge in [-0.3, -0.25) is 0 Å². The fraction of sp³-hybridized carbons (Fsp3) is 0.444. The number of esters is 1. The van der Waals surface area contributed by atoms with E-state index < -0.39 is 6.04 Å². The van der Waals surface area contributed by atoms with E-state index in [1.807, 2.05) is 12.1 Å². The van der Waals surface area contributed by atoms with E-state index in [9.17, 15) is 4.79 Å². The zero-order valence-electron chi connectivity index (χ0n) is 7.74. The predicted octanol–water partition coefficient (Wildman–Crippen LogP) is 1.48. The van der Waals surface area contributed by atoms with Crippen molar-refractivity contribution in [2.24, 2.45) is 5.73 Å². The molecule has 13 heavy (non-hydrogen) atoms. The Hall–Kier alpha value is -0.870. The molecule has 2 N–H and O–H groups in total. The lowest BCUT2D eigenvalue weighted by molar-refractivity contribution is -0.142. The van der Waals surface area contributed by atoms with Gasteiger partial charge in [0.25, 0.3) is 0 Å². The Balaban J connectivity index is 2.76. The quantitative estimate of drug-likeness (QED) is 0.750. The molecule has 1 atom stereocenters. The van der Waals surface area contributed by atoms with Crippen LogP contribution >= 0.6 is 11.3 Å². The average Bonchev–Trinajstić information content (AvgIpc) is 2.63. The van der Waals surface area contributed by atoms with Gasteiger partial charge < -0.3 is 10.5 Å². The van der Waals surface area contributed by atoms with Crippen LogP contribution in [0.4, 0.5) is 0 Å². The van der Waals surface area contributed by atoms with Crippen molar-refractivity contribution in [1.29, 1.82) is 0 Å². The summed E-state index contributed by atoms with van der Waals surface area (Å²) in [6.45, 7) is 2.07. The number of thiophene rings is 1. The van der Waals surface area contributed by atoms with Crippen molar-refractivity contribution in [3.05, 3.63) is 21.9 Å². The lowest BCUT2D eigenvalue weighted by atomic mass is 10.2. The van der Waals surface area contributed by atoms with Crippen LogP contribution in [0.15, 0.2) is 12.1 Å². The molecule has 1 aromatic rings. The van der Waals surface area contributed by atoms with Gasteiger partial charge in [-0.1, -0.05) is 6.92 Å². The maximum Gasteiger partial charge on any atom is 0.328 e. The molecule has 0 aliphatic heterocycles. The minimum atomic E-state index is -0.629. The molecule has 0 radical (unpaired) electrons. The first kappa shape index (κ1) is 10.2. The fourth-order valence-corrected chi connectivity index (χ4v) is 1.94. The van der Waals surface area contributed by atoms with E-state index in [1.165, 1.54) is 12.0 Å². The third kappa shape index (κ3) is 2.29. The van der Waals surface area contributed by atoms with Gasteiger partial charge in [0, 0.05) is 9.75 Å². The molecule has 0 saturated heterocycles. The van der Waals surface area contributed by atoms with Gasteiger partial charge >= 0.3 is 5.97 Å². The number of carbonyl (C=O) groups excluding carboxylic acids is 1. The van der Waals surface area contributed by atoms with E-state index >= 15 is 0 Å². The van der Waals surface area contributed by atoms with Crippen LogP contribution in [0.2, 0.25) is 0 Å². The lowest BCUT2D eigenvalue weighted by Crippen LogP contribution is -2.21. The molecule has 0 spiro atoms. The predicted molar refractivity (Wildman–Crippen MR) is 52.6 cm³/mol. The van der Waals surface area contributed by atoms with Crippen LogP contribution in [0, 0.1) is 0 Å². The summed E-state index contributed by atoms with van der Waals surface area (Å²) in [6.07, 6.45) is 0.971. The van der Waals surface area contributed by atoms with Crippen molar-refractivity contribution in [1.82, 2.24) is 0 Å². The SMILES string of the molecule is CCc1ccc(C(N)C(=O)OC)s1. The summed E-state index contributed by atoms with van der Waals surface area (Å²) < 4.78 is 4.55. The summed E-state index contributed by atoms with van der Waals surface area (Å²) in [4.78, 5) is 13.2. The summed E-state index contributed by atoms with van der Waals surface area (Å²) in [7, 11) is 1.34. The Morgan fingerprint density at radius 2 is 2.38 bits per heavy atom. The average molecular weight is 199 g/mol. The number of hydrogen-bond acceptors (Lipinski definition) is 4. The van der Waals surface area contributed by atoms with E-state index in [0.29, 0.717) is 0 Å². The smallest absolute Gasteiger partial charge is 0.328 e. The first-order valence-electron chi connectivity index (χ1n) is 4.11. The molecular formula is C9H13NO2S. The van der Waals surface area contributed by atoms with Gasteiger partial charge in [-0.25, -0.2) is 4.79 Å². The number of nitrogens with two attached hydrogens (primary N) is 1. The van der Waals surface area contributed by atoms with Gasteiger partial charge in [0.1, 0.15) is 6.04 Å². The zero-order valence-corrected chi connectivity index (χ0v) is 8.56. The van der Waals surface area contributed by atoms with E-state index in [4.69, 9.17) is 5.73 Å². The topological polar surface area (TPSA) is 52.3 Å². The molecular weight excluding hydrogens is 186 g/mol. The van der Waals surface area contributed by atoms with Crippen LogP contribution in [0.5, 0.6) is 0 Å². The Kier molecular flexibility index (Phi) is 3.45. The molecule has 0 aliphatic rings. The van der Waals surface area contributed by atoms with Crippen LogP contribution < -0.4 is 5.73 Å². The minimum absolute atomic E-state index is 0.385. The van der Waals surface area contributed by atoms with Crippen LogP contribution in [0.3, 0.4) is 0 Å². The van der Waals surface area contributed by atoms with Gasteiger partial charge in [-0.15, -0.1) is 11.3 Å². The second-order valence-corrected chi connectivity index (χ2v) is 3.86. The molecule has 1 unspecified atom stereocenters. The summed E-state index contributed by atoms with van der Waals surface area (Å²) in [6, 6.07) is 3.24. The van der Waals surface area contributed by atoms with Crippen molar-refractivity contribution in [3.63, 3.8) is 0 Å². The largest absolute Gasteiger partial charge is 0.468 e. The van der Waals surface area contributed by atoms with Crippen LogP contribution in [0.25, 0.3) is 0 Å². The molecule has 1 aromatic heterocycles. The monoisotopic (exact) mass is 199 g/mol. The maximum absolute atomic E-state index is 11.1. The standard InChI is InChI=1S/C9H13NO2S/c1-3-6-4-5-7(13-6)8(10)9(11)12-2/h4-5,8H,3,10H2,1-2H3.